The molecule has 0 radical (unpaired) electrons. The molecule has 2 rings (SSSR count). The highest BCUT2D eigenvalue weighted by molar-refractivity contribution is 5.94. The summed E-state index contributed by atoms with van der Waals surface area (Å²) in [6.07, 6.45) is 0. The van der Waals surface area contributed by atoms with Gasteiger partial charge in [-0.25, -0.2) is 4.39 Å². The zero-order valence-corrected chi connectivity index (χ0v) is 13.9. The number of carbonyl (C=O) groups is 2. The van der Waals surface area contributed by atoms with Crippen molar-refractivity contribution < 1.29 is 14.0 Å². The maximum atomic E-state index is 12.9. The van der Waals surface area contributed by atoms with Crippen molar-refractivity contribution in [2.24, 2.45) is 0 Å². The van der Waals surface area contributed by atoms with Crippen LogP contribution in [0.3, 0.4) is 0 Å². The summed E-state index contributed by atoms with van der Waals surface area (Å²) in [6, 6.07) is 5.59. The molecule has 1 aromatic rings. The summed E-state index contributed by atoms with van der Waals surface area (Å²) in [5.41, 5.74) is 0.252. The smallest absolute Gasteiger partial charge is 0.253 e. The summed E-state index contributed by atoms with van der Waals surface area (Å²) in [4.78, 5) is 28.0. The van der Waals surface area contributed by atoms with E-state index in [4.69, 9.17) is 0 Å². The Morgan fingerprint density at radius 2 is 1.65 bits per heavy atom. The number of nitrogens with zero attached hydrogens (tertiary/aromatic N) is 2. The second-order valence-electron chi connectivity index (χ2n) is 6.87. The normalized spacial score (nSPS) is 16.3. The van der Waals surface area contributed by atoms with E-state index in [1.54, 1.807) is 4.90 Å². The molecule has 1 saturated heterocycles. The lowest BCUT2D eigenvalue weighted by atomic mass is 10.1. The summed E-state index contributed by atoms with van der Waals surface area (Å²) in [7, 11) is 0. The Balaban J connectivity index is 1.83. The van der Waals surface area contributed by atoms with Crippen molar-refractivity contribution in [3.8, 4) is 0 Å². The lowest BCUT2D eigenvalue weighted by Crippen LogP contribution is -2.52. The number of nitrogens with one attached hydrogen (secondary N) is 1. The Hall–Kier alpha value is -1.95. The van der Waals surface area contributed by atoms with E-state index in [-0.39, 0.29) is 23.2 Å². The van der Waals surface area contributed by atoms with Crippen molar-refractivity contribution in [1.82, 2.24) is 15.1 Å². The van der Waals surface area contributed by atoms with Gasteiger partial charge in [-0.05, 0) is 45.0 Å². The van der Waals surface area contributed by atoms with Gasteiger partial charge in [-0.2, -0.15) is 0 Å². The van der Waals surface area contributed by atoms with Gasteiger partial charge in [-0.15, -0.1) is 0 Å². The minimum atomic E-state index is -0.351. The Bertz CT molecular complexity index is 558. The third kappa shape index (κ3) is 5.32. The molecule has 0 spiro atoms. The quantitative estimate of drug-likeness (QED) is 0.918. The molecule has 1 fully saturated rings. The number of benzene rings is 1. The molecule has 1 aromatic carbocycles. The highest BCUT2D eigenvalue weighted by atomic mass is 19.1. The van der Waals surface area contributed by atoms with Crippen molar-refractivity contribution in [1.29, 1.82) is 0 Å². The summed E-state index contributed by atoms with van der Waals surface area (Å²) >= 11 is 0. The average Bonchev–Trinajstić information content (AvgIpc) is 2.46. The summed E-state index contributed by atoms with van der Waals surface area (Å²) in [5, 5.41) is 2.93. The molecule has 0 saturated carbocycles. The fourth-order valence-corrected chi connectivity index (χ4v) is 2.54. The lowest BCUT2D eigenvalue weighted by Gasteiger charge is -2.35. The van der Waals surface area contributed by atoms with Gasteiger partial charge in [-0.1, -0.05) is 0 Å². The number of amides is 2. The van der Waals surface area contributed by atoms with E-state index in [2.05, 4.69) is 5.32 Å². The molecule has 0 aromatic heterocycles. The maximum absolute atomic E-state index is 12.9. The largest absolute Gasteiger partial charge is 0.350 e. The summed E-state index contributed by atoms with van der Waals surface area (Å²) in [6.45, 7) is 8.64. The average molecular weight is 321 g/mol. The number of carbonyl (C=O) groups excluding carboxylic acids is 2. The van der Waals surface area contributed by atoms with Crippen LogP contribution in [0.5, 0.6) is 0 Å². The standard InChI is InChI=1S/C17H24FN3O2/c1-17(2,3)19-15(22)12-20-8-10-21(11-9-20)16(23)13-4-6-14(18)7-5-13/h4-7H,8-12H2,1-3H3,(H,19,22). The van der Waals surface area contributed by atoms with E-state index in [9.17, 15) is 14.0 Å². The molecular weight excluding hydrogens is 297 g/mol. The predicted molar refractivity (Wildman–Crippen MR) is 86.6 cm³/mol. The molecule has 6 heteroatoms. The molecule has 0 unspecified atom stereocenters. The zero-order valence-electron chi connectivity index (χ0n) is 13.9. The Kier molecular flexibility index (Phi) is 5.36. The lowest BCUT2D eigenvalue weighted by molar-refractivity contribution is -0.124. The third-order valence-corrected chi connectivity index (χ3v) is 3.63. The SMILES string of the molecule is CC(C)(C)NC(=O)CN1CCN(C(=O)c2ccc(F)cc2)CC1. The number of piperazine rings is 1. The van der Waals surface area contributed by atoms with Gasteiger partial charge >= 0.3 is 0 Å². The van der Waals surface area contributed by atoms with Crippen molar-refractivity contribution >= 4 is 11.8 Å². The predicted octanol–water partition coefficient (Wildman–Crippen LogP) is 1.50. The first kappa shape index (κ1) is 17.4. The minimum absolute atomic E-state index is 0.00388. The Labute approximate surface area is 136 Å². The second-order valence-corrected chi connectivity index (χ2v) is 6.87. The molecular formula is C17H24FN3O2. The van der Waals surface area contributed by atoms with Gasteiger partial charge in [0.05, 0.1) is 6.54 Å². The fourth-order valence-electron chi connectivity index (χ4n) is 2.54. The number of hydrogen-bond acceptors (Lipinski definition) is 3. The second kappa shape index (κ2) is 7.08. The third-order valence-electron chi connectivity index (χ3n) is 3.63. The van der Waals surface area contributed by atoms with E-state index >= 15 is 0 Å². The maximum Gasteiger partial charge on any atom is 0.253 e. The Morgan fingerprint density at radius 1 is 1.09 bits per heavy atom. The van der Waals surface area contributed by atoms with E-state index in [1.165, 1.54) is 24.3 Å². The van der Waals surface area contributed by atoms with Crippen LogP contribution < -0.4 is 5.32 Å². The first-order valence-electron chi connectivity index (χ1n) is 7.83. The number of rotatable bonds is 3. The topological polar surface area (TPSA) is 52.7 Å². The molecule has 0 bridgehead atoms. The molecule has 5 nitrogen and oxygen atoms in total. The van der Waals surface area contributed by atoms with E-state index in [0.29, 0.717) is 38.3 Å². The molecule has 1 heterocycles. The first-order valence-corrected chi connectivity index (χ1v) is 7.83. The van der Waals surface area contributed by atoms with Crippen LogP contribution in [0.4, 0.5) is 4.39 Å². The van der Waals surface area contributed by atoms with Gasteiger partial charge in [-0.3, -0.25) is 14.5 Å². The number of halogens is 1. The molecule has 126 valence electrons. The van der Waals surface area contributed by atoms with Crippen LogP contribution in [0.1, 0.15) is 31.1 Å². The van der Waals surface area contributed by atoms with E-state index in [0.717, 1.165) is 0 Å². The molecule has 1 N–H and O–H groups in total. The van der Waals surface area contributed by atoms with Gasteiger partial charge in [0.1, 0.15) is 5.82 Å². The summed E-state index contributed by atoms with van der Waals surface area (Å²) < 4.78 is 12.9. The van der Waals surface area contributed by atoms with Crippen molar-refractivity contribution in [3.05, 3.63) is 35.6 Å². The molecule has 23 heavy (non-hydrogen) atoms. The summed E-state index contributed by atoms with van der Waals surface area (Å²) in [5.74, 6) is -0.448. The van der Waals surface area contributed by atoms with Crippen molar-refractivity contribution in [3.63, 3.8) is 0 Å². The van der Waals surface area contributed by atoms with Crippen molar-refractivity contribution in [2.45, 2.75) is 26.3 Å². The van der Waals surface area contributed by atoms with Gasteiger partial charge in [0.25, 0.3) is 5.91 Å². The van der Waals surface area contributed by atoms with E-state index < -0.39 is 0 Å². The Morgan fingerprint density at radius 3 is 2.17 bits per heavy atom. The highest BCUT2D eigenvalue weighted by Gasteiger charge is 2.24. The van der Waals surface area contributed by atoms with Gasteiger partial charge in [0, 0.05) is 37.3 Å². The van der Waals surface area contributed by atoms with Gasteiger partial charge in [0.2, 0.25) is 5.91 Å². The van der Waals surface area contributed by atoms with Gasteiger partial charge < -0.3 is 10.2 Å². The zero-order chi connectivity index (χ0) is 17.0. The molecule has 1 aliphatic heterocycles. The highest BCUT2D eigenvalue weighted by Crippen LogP contribution is 2.10. The van der Waals surface area contributed by atoms with Crippen LogP contribution >= 0.6 is 0 Å². The van der Waals surface area contributed by atoms with E-state index in [1.807, 2.05) is 25.7 Å². The van der Waals surface area contributed by atoms with Crippen LogP contribution in [0, 0.1) is 5.82 Å². The number of hydrogen-bond donors (Lipinski definition) is 1. The van der Waals surface area contributed by atoms with Crippen LogP contribution in [0.2, 0.25) is 0 Å². The van der Waals surface area contributed by atoms with Crippen LogP contribution in [-0.4, -0.2) is 59.9 Å². The molecule has 1 aliphatic rings. The molecule has 2 amide bonds. The van der Waals surface area contributed by atoms with Crippen LogP contribution in [0.15, 0.2) is 24.3 Å². The van der Waals surface area contributed by atoms with Gasteiger partial charge in [0.15, 0.2) is 0 Å². The van der Waals surface area contributed by atoms with Crippen LogP contribution in [0.25, 0.3) is 0 Å². The minimum Gasteiger partial charge on any atom is -0.350 e. The van der Waals surface area contributed by atoms with Crippen LogP contribution in [-0.2, 0) is 4.79 Å². The monoisotopic (exact) mass is 321 g/mol. The fraction of sp³-hybridized carbons (Fsp3) is 0.529. The molecule has 0 atom stereocenters. The molecule has 0 aliphatic carbocycles. The first-order chi connectivity index (χ1) is 10.7. The van der Waals surface area contributed by atoms with Crippen molar-refractivity contribution in [2.75, 3.05) is 32.7 Å².